The summed E-state index contributed by atoms with van der Waals surface area (Å²) in [6, 6.07) is 7.89. The summed E-state index contributed by atoms with van der Waals surface area (Å²) >= 11 is 0. The van der Waals surface area contributed by atoms with Crippen molar-refractivity contribution in [1.82, 2.24) is 0 Å². The molecular weight excluding hydrogens is 186 g/mol. The van der Waals surface area contributed by atoms with Gasteiger partial charge in [0.1, 0.15) is 0 Å². The molecule has 0 radical (unpaired) electrons. The van der Waals surface area contributed by atoms with E-state index in [1.807, 2.05) is 24.3 Å². The Kier molecular flexibility index (Phi) is 5.05. The van der Waals surface area contributed by atoms with Gasteiger partial charge in [0.15, 0.2) is 5.78 Å². The Labute approximate surface area is 91.5 Å². The van der Waals surface area contributed by atoms with E-state index < -0.39 is 0 Å². The molecule has 1 rings (SSSR count). The molecule has 0 saturated heterocycles. The number of carbonyl (C=O) groups excluding carboxylic acids is 1. The first kappa shape index (κ1) is 11.9. The number of carbonyl (C=O) groups is 1. The summed E-state index contributed by atoms with van der Waals surface area (Å²) in [6.45, 7) is 2.78. The maximum Gasteiger partial charge on any atom is 0.162 e. The van der Waals surface area contributed by atoms with E-state index in [2.05, 4.69) is 6.92 Å². The van der Waals surface area contributed by atoms with Gasteiger partial charge in [-0.1, -0.05) is 31.2 Å². The number of unbranched alkanes of at least 4 members (excludes halogenated alkanes) is 1. The number of nitrogens with two attached hydrogens (primary N) is 1. The monoisotopic (exact) mass is 205 g/mol. The predicted molar refractivity (Wildman–Crippen MR) is 63.1 cm³/mol. The molecule has 0 saturated carbocycles. The van der Waals surface area contributed by atoms with Gasteiger partial charge >= 0.3 is 0 Å². The van der Waals surface area contributed by atoms with Gasteiger partial charge in [-0.3, -0.25) is 4.79 Å². The van der Waals surface area contributed by atoms with Gasteiger partial charge in [-0.2, -0.15) is 0 Å². The summed E-state index contributed by atoms with van der Waals surface area (Å²) in [4.78, 5) is 11.7. The Balaban J connectivity index is 2.50. The predicted octanol–water partition coefficient (Wildman–Crippen LogP) is 2.56. The van der Waals surface area contributed by atoms with Crippen LogP contribution in [0.5, 0.6) is 0 Å². The lowest BCUT2D eigenvalue weighted by atomic mass is 10.0. The largest absolute Gasteiger partial charge is 0.330 e. The van der Waals surface area contributed by atoms with Gasteiger partial charge in [0.2, 0.25) is 0 Å². The highest BCUT2D eigenvalue weighted by molar-refractivity contribution is 5.96. The quantitative estimate of drug-likeness (QED) is 0.573. The van der Waals surface area contributed by atoms with Crippen LogP contribution in [0.4, 0.5) is 0 Å². The third-order valence-corrected chi connectivity index (χ3v) is 2.54. The number of hydrogen-bond donors (Lipinski definition) is 1. The fourth-order valence-electron chi connectivity index (χ4n) is 1.50. The van der Waals surface area contributed by atoms with E-state index >= 15 is 0 Å². The van der Waals surface area contributed by atoms with E-state index in [9.17, 15) is 4.79 Å². The van der Waals surface area contributed by atoms with Crippen LogP contribution in [-0.2, 0) is 6.42 Å². The number of ketones is 1. The van der Waals surface area contributed by atoms with Crippen molar-refractivity contribution < 1.29 is 4.79 Å². The van der Waals surface area contributed by atoms with Crippen LogP contribution in [0.3, 0.4) is 0 Å². The van der Waals surface area contributed by atoms with Gasteiger partial charge in [0.05, 0.1) is 0 Å². The maximum absolute atomic E-state index is 11.7. The first-order valence-corrected chi connectivity index (χ1v) is 5.60. The summed E-state index contributed by atoms with van der Waals surface area (Å²) in [5.74, 6) is 0.228. The summed E-state index contributed by atoms with van der Waals surface area (Å²) in [6.07, 6.45) is 3.45. The summed E-state index contributed by atoms with van der Waals surface area (Å²) in [5.41, 5.74) is 7.48. The minimum absolute atomic E-state index is 0.228. The molecule has 0 aliphatic heterocycles. The smallest absolute Gasteiger partial charge is 0.162 e. The highest BCUT2D eigenvalue weighted by Crippen LogP contribution is 2.09. The minimum atomic E-state index is 0.228. The Hall–Kier alpha value is -1.15. The van der Waals surface area contributed by atoms with Crippen molar-refractivity contribution in [2.75, 3.05) is 6.54 Å². The molecule has 1 aromatic rings. The van der Waals surface area contributed by atoms with Gasteiger partial charge < -0.3 is 5.73 Å². The van der Waals surface area contributed by atoms with Crippen molar-refractivity contribution in [2.24, 2.45) is 5.73 Å². The number of hydrogen-bond acceptors (Lipinski definition) is 2. The van der Waals surface area contributed by atoms with Gasteiger partial charge in [-0.15, -0.1) is 0 Å². The van der Waals surface area contributed by atoms with E-state index in [1.54, 1.807) is 0 Å². The molecule has 0 heterocycles. The molecule has 2 nitrogen and oxygen atoms in total. The lowest BCUT2D eigenvalue weighted by Gasteiger charge is -2.01. The number of Topliss-reactive ketones (excluding diaryl/α,β-unsaturated/α-hetero) is 1. The van der Waals surface area contributed by atoms with Crippen LogP contribution in [0, 0.1) is 0 Å². The molecule has 0 amide bonds. The standard InChI is InChI=1S/C13H19NO/c1-2-11-6-8-12(9-7-11)13(15)5-3-4-10-14/h6-9H,2-5,10,14H2,1H3. The summed E-state index contributed by atoms with van der Waals surface area (Å²) in [7, 11) is 0. The molecule has 1 aromatic carbocycles. The molecule has 0 spiro atoms. The zero-order chi connectivity index (χ0) is 11.1. The van der Waals surface area contributed by atoms with Crippen LogP contribution >= 0.6 is 0 Å². The molecular formula is C13H19NO. The van der Waals surface area contributed by atoms with Crippen LogP contribution in [0.2, 0.25) is 0 Å². The van der Waals surface area contributed by atoms with E-state index in [-0.39, 0.29) is 5.78 Å². The van der Waals surface area contributed by atoms with E-state index in [0.717, 1.165) is 24.8 Å². The molecule has 0 aliphatic rings. The topological polar surface area (TPSA) is 43.1 Å². The average molecular weight is 205 g/mol. The first-order chi connectivity index (χ1) is 7.27. The molecule has 0 aliphatic carbocycles. The Morgan fingerprint density at radius 1 is 1.20 bits per heavy atom. The molecule has 82 valence electrons. The highest BCUT2D eigenvalue weighted by Gasteiger charge is 2.04. The average Bonchev–Trinajstić information content (AvgIpc) is 2.29. The molecule has 0 unspecified atom stereocenters. The molecule has 2 heteroatoms. The van der Waals surface area contributed by atoms with Crippen LogP contribution in [0.1, 0.15) is 42.1 Å². The molecule has 0 fully saturated rings. The first-order valence-electron chi connectivity index (χ1n) is 5.60. The second-order valence-corrected chi connectivity index (χ2v) is 3.72. The van der Waals surface area contributed by atoms with Crippen LogP contribution in [-0.4, -0.2) is 12.3 Å². The van der Waals surface area contributed by atoms with E-state index in [1.165, 1.54) is 5.56 Å². The Morgan fingerprint density at radius 2 is 1.87 bits per heavy atom. The fraction of sp³-hybridized carbons (Fsp3) is 0.462. The zero-order valence-electron chi connectivity index (χ0n) is 9.33. The van der Waals surface area contributed by atoms with Crippen LogP contribution in [0.25, 0.3) is 0 Å². The fourth-order valence-corrected chi connectivity index (χ4v) is 1.50. The Morgan fingerprint density at radius 3 is 2.40 bits per heavy atom. The van der Waals surface area contributed by atoms with Gasteiger partial charge in [0, 0.05) is 12.0 Å². The van der Waals surface area contributed by atoms with Crippen LogP contribution < -0.4 is 5.73 Å². The normalized spacial score (nSPS) is 10.3. The number of rotatable bonds is 6. The SMILES string of the molecule is CCc1ccc(C(=O)CCCCN)cc1. The highest BCUT2D eigenvalue weighted by atomic mass is 16.1. The maximum atomic E-state index is 11.7. The number of aryl methyl sites for hydroxylation is 1. The lowest BCUT2D eigenvalue weighted by molar-refractivity contribution is 0.0979. The van der Waals surface area contributed by atoms with Crippen molar-refractivity contribution in [3.63, 3.8) is 0 Å². The van der Waals surface area contributed by atoms with Gasteiger partial charge in [-0.25, -0.2) is 0 Å². The second-order valence-electron chi connectivity index (χ2n) is 3.72. The molecule has 0 atom stereocenters. The molecule has 0 aromatic heterocycles. The number of benzene rings is 1. The third-order valence-electron chi connectivity index (χ3n) is 2.54. The van der Waals surface area contributed by atoms with Crippen molar-refractivity contribution in [3.8, 4) is 0 Å². The Bertz CT molecular complexity index is 303. The van der Waals surface area contributed by atoms with Crippen molar-refractivity contribution in [1.29, 1.82) is 0 Å². The van der Waals surface area contributed by atoms with Gasteiger partial charge in [0.25, 0.3) is 0 Å². The van der Waals surface area contributed by atoms with Gasteiger partial charge in [-0.05, 0) is 31.4 Å². The lowest BCUT2D eigenvalue weighted by Crippen LogP contribution is -2.02. The minimum Gasteiger partial charge on any atom is -0.330 e. The molecule has 15 heavy (non-hydrogen) atoms. The second kappa shape index (κ2) is 6.36. The summed E-state index contributed by atoms with van der Waals surface area (Å²) in [5, 5.41) is 0. The van der Waals surface area contributed by atoms with Crippen molar-refractivity contribution in [3.05, 3.63) is 35.4 Å². The van der Waals surface area contributed by atoms with Crippen molar-refractivity contribution in [2.45, 2.75) is 32.6 Å². The van der Waals surface area contributed by atoms with E-state index in [0.29, 0.717) is 13.0 Å². The molecule has 0 bridgehead atoms. The van der Waals surface area contributed by atoms with Crippen LogP contribution in [0.15, 0.2) is 24.3 Å². The van der Waals surface area contributed by atoms with E-state index in [4.69, 9.17) is 5.73 Å². The molecule has 2 N–H and O–H groups in total. The zero-order valence-corrected chi connectivity index (χ0v) is 9.33. The van der Waals surface area contributed by atoms with Crippen molar-refractivity contribution >= 4 is 5.78 Å². The third kappa shape index (κ3) is 3.84. The summed E-state index contributed by atoms with van der Waals surface area (Å²) < 4.78 is 0.